The fourth-order valence-electron chi connectivity index (χ4n) is 1.18. The molecular formula is C9H6N2O2. The molecule has 4 heteroatoms. The third-order valence-electron chi connectivity index (χ3n) is 1.78. The lowest BCUT2D eigenvalue weighted by Crippen LogP contribution is -1.98. The van der Waals surface area contributed by atoms with Gasteiger partial charge in [0.2, 0.25) is 0 Å². The average molecular weight is 174 g/mol. The van der Waals surface area contributed by atoms with Crippen LogP contribution in [-0.2, 0) is 0 Å². The molecule has 1 heterocycles. The fourth-order valence-corrected chi connectivity index (χ4v) is 1.18. The van der Waals surface area contributed by atoms with E-state index in [4.69, 9.17) is 5.11 Å². The van der Waals surface area contributed by atoms with Crippen LogP contribution in [0.5, 0.6) is 0 Å². The van der Waals surface area contributed by atoms with E-state index in [0.29, 0.717) is 5.52 Å². The van der Waals surface area contributed by atoms with Gasteiger partial charge in [-0.15, -0.1) is 5.10 Å². The third-order valence-corrected chi connectivity index (χ3v) is 1.78. The highest BCUT2D eigenvalue weighted by Crippen LogP contribution is 2.14. The summed E-state index contributed by atoms with van der Waals surface area (Å²) in [5, 5.41) is 17.0. The molecule has 0 saturated heterocycles. The number of aromatic carboxylic acids is 1. The maximum Gasteiger partial charge on any atom is 0.337 e. The van der Waals surface area contributed by atoms with Crippen LogP contribution < -0.4 is 0 Å². The molecule has 0 aliphatic carbocycles. The highest BCUT2D eigenvalue weighted by Gasteiger charge is 2.08. The third kappa shape index (κ3) is 1.22. The van der Waals surface area contributed by atoms with Gasteiger partial charge in [-0.25, -0.2) is 4.79 Å². The summed E-state index contributed by atoms with van der Waals surface area (Å²) >= 11 is 0. The maximum absolute atomic E-state index is 10.7. The quantitative estimate of drug-likeness (QED) is 0.708. The van der Waals surface area contributed by atoms with Crippen molar-refractivity contribution in [1.29, 1.82) is 0 Å². The first-order chi connectivity index (χ1) is 6.29. The minimum atomic E-state index is -0.980. The summed E-state index contributed by atoms with van der Waals surface area (Å²) in [5.41, 5.74) is 0.614. The number of carbonyl (C=O) groups is 1. The summed E-state index contributed by atoms with van der Waals surface area (Å²) in [6.45, 7) is 0. The Morgan fingerprint density at radius 2 is 2.15 bits per heavy atom. The Morgan fingerprint density at radius 1 is 1.31 bits per heavy atom. The van der Waals surface area contributed by atoms with Crippen molar-refractivity contribution >= 4 is 16.9 Å². The van der Waals surface area contributed by atoms with Crippen LogP contribution >= 0.6 is 0 Å². The van der Waals surface area contributed by atoms with E-state index in [1.165, 1.54) is 12.3 Å². The molecule has 1 aromatic heterocycles. The summed E-state index contributed by atoms with van der Waals surface area (Å²) in [4.78, 5) is 10.7. The van der Waals surface area contributed by atoms with Gasteiger partial charge in [0, 0.05) is 5.39 Å². The summed E-state index contributed by atoms with van der Waals surface area (Å²) in [6, 6.07) is 6.73. The van der Waals surface area contributed by atoms with Crippen molar-refractivity contribution in [1.82, 2.24) is 10.2 Å². The summed E-state index contributed by atoms with van der Waals surface area (Å²) < 4.78 is 0. The Hall–Kier alpha value is -1.97. The first-order valence-electron chi connectivity index (χ1n) is 3.73. The molecule has 0 aliphatic heterocycles. The highest BCUT2D eigenvalue weighted by molar-refractivity contribution is 6.01. The standard InChI is InChI=1S/C9H6N2O2/c12-9(13)7-3-1-2-6-4-5-10-11-8(6)7/h1-5H,(H,12,13). The Labute approximate surface area is 73.8 Å². The normalized spacial score (nSPS) is 10.2. The second-order valence-corrected chi connectivity index (χ2v) is 2.58. The van der Waals surface area contributed by atoms with Crippen LogP contribution in [0.3, 0.4) is 0 Å². The van der Waals surface area contributed by atoms with E-state index in [0.717, 1.165) is 5.39 Å². The topological polar surface area (TPSA) is 63.1 Å². The molecular weight excluding hydrogens is 168 g/mol. The lowest BCUT2D eigenvalue weighted by Gasteiger charge is -1.98. The van der Waals surface area contributed by atoms with E-state index in [9.17, 15) is 4.79 Å². The van der Waals surface area contributed by atoms with Crippen molar-refractivity contribution in [2.75, 3.05) is 0 Å². The Kier molecular flexibility index (Phi) is 1.66. The number of carboxylic acids is 1. The molecule has 0 fully saturated rings. The molecule has 13 heavy (non-hydrogen) atoms. The molecule has 64 valence electrons. The first kappa shape index (κ1) is 7.67. The van der Waals surface area contributed by atoms with E-state index in [1.54, 1.807) is 18.2 Å². The number of aromatic nitrogens is 2. The van der Waals surface area contributed by atoms with Crippen LogP contribution in [0.1, 0.15) is 10.4 Å². The van der Waals surface area contributed by atoms with E-state index in [1.807, 2.05) is 0 Å². The molecule has 0 amide bonds. The molecule has 0 bridgehead atoms. The zero-order valence-corrected chi connectivity index (χ0v) is 6.64. The zero-order chi connectivity index (χ0) is 9.26. The number of benzene rings is 1. The predicted octanol–water partition coefficient (Wildman–Crippen LogP) is 1.33. The minimum Gasteiger partial charge on any atom is -0.478 e. The summed E-state index contributed by atoms with van der Waals surface area (Å²) in [5.74, 6) is -0.980. The van der Waals surface area contributed by atoms with Gasteiger partial charge in [0.15, 0.2) is 0 Å². The van der Waals surface area contributed by atoms with E-state index in [2.05, 4.69) is 10.2 Å². The second kappa shape index (κ2) is 2.82. The van der Waals surface area contributed by atoms with Crippen molar-refractivity contribution in [3.05, 3.63) is 36.0 Å². The number of carboxylic acid groups (broad SMARTS) is 1. The molecule has 0 spiro atoms. The minimum absolute atomic E-state index is 0.186. The van der Waals surface area contributed by atoms with Crippen molar-refractivity contribution < 1.29 is 9.90 Å². The molecule has 2 rings (SSSR count). The lowest BCUT2D eigenvalue weighted by atomic mass is 10.1. The van der Waals surface area contributed by atoms with Crippen LogP contribution in [0.15, 0.2) is 30.5 Å². The zero-order valence-electron chi connectivity index (χ0n) is 6.64. The highest BCUT2D eigenvalue weighted by atomic mass is 16.4. The SMILES string of the molecule is O=C(O)c1cccc2ccnnc12. The lowest BCUT2D eigenvalue weighted by molar-refractivity contribution is 0.0699. The van der Waals surface area contributed by atoms with Crippen molar-refractivity contribution in [3.63, 3.8) is 0 Å². The van der Waals surface area contributed by atoms with Crippen molar-refractivity contribution in [2.45, 2.75) is 0 Å². The molecule has 1 N–H and O–H groups in total. The molecule has 0 unspecified atom stereocenters. The number of rotatable bonds is 1. The molecule has 0 atom stereocenters. The molecule has 4 nitrogen and oxygen atoms in total. The van der Waals surface area contributed by atoms with Gasteiger partial charge in [-0.05, 0) is 12.1 Å². The van der Waals surface area contributed by atoms with Crippen LogP contribution in [0.4, 0.5) is 0 Å². The first-order valence-corrected chi connectivity index (χ1v) is 3.73. The summed E-state index contributed by atoms with van der Waals surface area (Å²) in [6.07, 6.45) is 1.54. The van der Waals surface area contributed by atoms with Crippen LogP contribution in [0.25, 0.3) is 10.9 Å². The van der Waals surface area contributed by atoms with E-state index >= 15 is 0 Å². The van der Waals surface area contributed by atoms with Gasteiger partial charge in [0.1, 0.15) is 5.52 Å². The van der Waals surface area contributed by atoms with Gasteiger partial charge in [0.05, 0.1) is 11.8 Å². The number of fused-ring (bicyclic) bond motifs is 1. The van der Waals surface area contributed by atoms with Crippen molar-refractivity contribution in [3.8, 4) is 0 Å². The number of hydrogen-bond acceptors (Lipinski definition) is 3. The smallest absolute Gasteiger partial charge is 0.337 e. The molecule has 0 aliphatic rings. The van der Waals surface area contributed by atoms with Crippen molar-refractivity contribution in [2.24, 2.45) is 0 Å². The largest absolute Gasteiger partial charge is 0.478 e. The maximum atomic E-state index is 10.7. The molecule has 0 radical (unpaired) electrons. The monoisotopic (exact) mass is 174 g/mol. The van der Waals surface area contributed by atoms with Crippen LogP contribution in [0.2, 0.25) is 0 Å². The van der Waals surface area contributed by atoms with Gasteiger partial charge in [-0.1, -0.05) is 12.1 Å². The predicted molar refractivity (Wildman–Crippen MR) is 46.5 cm³/mol. The molecule has 0 saturated carbocycles. The van der Waals surface area contributed by atoms with E-state index in [-0.39, 0.29) is 5.56 Å². The van der Waals surface area contributed by atoms with Gasteiger partial charge in [-0.2, -0.15) is 5.10 Å². The second-order valence-electron chi connectivity index (χ2n) is 2.58. The van der Waals surface area contributed by atoms with Gasteiger partial charge in [0.25, 0.3) is 0 Å². The van der Waals surface area contributed by atoms with Crippen LogP contribution in [0, 0.1) is 0 Å². The molecule has 2 aromatic rings. The Bertz CT molecular complexity index is 463. The average Bonchev–Trinajstić information content (AvgIpc) is 2.17. The van der Waals surface area contributed by atoms with Gasteiger partial charge in [-0.3, -0.25) is 0 Å². The van der Waals surface area contributed by atoms with Gasteiger partial charge < -0.3 is 5.11 Å². The Morgan fingerprint density at radius 3 is 2.92 bits per heavy atom. The number of nitrogens with zero attached hydrogens (tertiary/aromatic N) is 2. The number of hydrogen-bond donors (Lipinski definition) is 1. The summed E-state index contributed by atoms with van der Waals surface area (Å²) in [7, 11) is 0. The van der Waals surface area contributed by atoms with Crippen LogP contribution in [-0.4, -0.2) is 21.3 Å². The van der Waals surface area contributed by atoms with E-state index < -0.39 is 5.97 Å². The van der Waals surface area contributed by atoms with Gasteiger partial charge >= 0.3 is 5.97 Å². The molecule has 1 aromatic carbocycles. The Balaban J connectivity index is 2.83. The fraction of sp³-hybridized carbons (Fsp3) is 0.